The highest BCUT2D eigenvalue weighted by molar-refractivity contribution is 5.31. The number of aromatic nitrogens is 2. The number of nitrogens with one attached hydrogen (secondary N) is 1. The maximum absolute atomic E-state index is 11.9. The van der Waals surface area contributed by atoms with E-state index in [9.17, 15) is 4.79 Å². The van der Waals surface area contributed by atoms with Crippen molar-refractivity contribution in [2.45, 2.75) is 40.2 Å². The van der Waals surface area contributed by atoms with Crippen LogP contribution in [0.2, 0.25) is 0 Å². The van der Waals surface area contributed by atoms with Crippen molar-refractivity contribution < 1.29 is 0 Å². The average Bonchev–Trinajstić information content (AvgIpc) is 2.35. The minimum Gasteiger partial charge on any atom is -0.365 e. The summed E-state index contributed by atoms with van der Waals surface area (Å²) in [5.74, 6) is 0.431. The summed E-state index contributed by atoms with van der Waals surface area (Å²) in [7, 11) is 0. The fourth-order valence-electron chi connectivity index (χ4n) is 1.81. The Labute approximate surface area is 108 Å². The van der Waals surface area contributed by atoms with Gasteiger partial charge < -0.3 is 15.6 Å². The molecule has 0 fully saturated rings. The molecule has 1 heterocycles. The van der Waals surface area contributed by atoms with Crippen molar-refractivity contribution in [3.63, 3.8) is 0 Å². The molecule has 0 aliphatic carbocycles. The van der Waals surface area contributed by atoms with Crippen LogP contribution in [0.1, 0.15) is 33.6 Å². The van der Waals surface area contributed by atoms with Crippen molar-refractivity contribution in [2.24, 2.45) is 11.1 Å². The van der Waals surface area contributed by atoms with Crippen molar-refractivity contribution >= 4 is 5.82 Å². The summed E-state index contributed by atoms with van der Waals surface area (Å²) in [5.41, 5.74) is 5.57. The van der Waals surface area contributed by atoms with Crippen molar-refractivity contribution in [2.75, 3.05) is 18.4 Å². The van der Waals surface area contributed by atoms with Crippen molar-refractivity contribution in [3.05, 3.63) is 22.7 Å². The number of aryl methyl sites for hydroxylation is 1. The molecule has 1 rings (SSSR count). The Hall–Kier alpha value is -1.36. The molecule has 1 aromatic rings. The molecule has 0 spiro atoms. The average molecular weight is 252 g/mol. The Morgan fingerprint density at radius 3 is 2.83 bits per heavy atom. The second-order valence-electron chi connectivity index (χ2n) is 5.28. The molecule has 0 atom stereocenters. The van der Waals surface area contributed by atoms with Crippen LogP contribution in [0, 0.1) is 5.41 Å². The van der Waals surface area contributed by atoms with Gasteiger partial charge in [0.2, 0.25) is 0 Å². The maximum Gasteiger partial charge on any atom is 0.293 e. The van der Waals surface area contributed by atoms with E-state index in [1.165, 1.54) is 0 Å². The molecule has 0 aliphatic rings. The zero-order chi connectivity index (χ0) is 13.6. The predicted molar refractivity (Wildman–Crippen MR) is 74.7 cm³/mol. The van der Waals surface area contributed by atoms with E-state index in [0.717, 1.165) is 19.4 Å². The van der Waals surface area contributed by atoms with Gasteiger partial charge in [-0.05, 0) is 31.7 Å². The summed E-state index contributed by atoms with van der Waals surface area (Å²) in [5, 5.41) is 3.15. The summed E-state index contributed by atoms with van der Waals surface area (Å²) in [6.07, 6.45) is 5.38. The van der Waals surface area contributed by atoms with Crippen LogP contribution in [-0.4, -0.2) is 22.6 Å². The minimum absolute atomic E-state index is 0.0605. The van der Waals surface area contributed by atoms with Gasteiger partial charge in [-0.3, -0.25) is 4.79 Å². The van der Waals surface area contributed by atoms with Gasteiger partial charge in [-0.1, -0.05) is 13.8 Å². The third kappa shape index (κ3) is 4.14. The molecule has 0 bridgehead atoms. The van der Waals surface area contributed by atoms with Crippen molar-refractivity contribution in [1.82, 2.24) is 9.55 Å². The number of hydrogen-bond acceptors (Lipinski definition) is 4. The molecular formula is C13H24N4O. The number of nitrogens with zero attached hydrogens (tertiary/aromatic N) is 2. The van der Waals surface area contributed by atoms with E-state index in [2.05, 4.69) is 24.1 Å². The molecule has 0 saturated heterocycles. The van der Waals surface area contributed by atoms with Crippen LogP contribution in [0.5, 0.6) is 0 Å². The second kappa shape index (κ2) is 6.54. The molecular weight excluding hydrogens is 228 g/mol. The molecule has 0 unspecified atom stereocenters. The highest BCUT2D eigenvalue weighted by atomic mass is 16.1. The lowest BCUT2D eigenvalue weighted by Crippen LogP contribution is -2.29. The van der Waals surface area contributed by atoms with E-state index < -0.39 is 0 Å². The molecule has 5 heteroatoms. The van der Waals surface area contributed by atoms with E-state index in [0.29, 0.717) is 18.9 Å². The Bertz CT molecular complexity index is 425. The molecule has 3 N–H and O–H groups in total. The summed E-state index contributed by atoms with van der Waals surface area (Å²) >= 11 is 0. The highest BCUT2D eigenvalue weighted by Gasteiger charge is 2.17. The van der Waals surface area contributed by atoms with Gasteiger partial charge in [0.25, 0.3) is 5.56 Å². The standard InChI is InChI=1S/C13H24N4O/c1-4-17-9-8-15-11(12(17)18)16-10-13(2,3)6-5-7-14/h8-9H,4-7,10,14H2,1-3H3,(H,15,16). The predicted octanol–water partition coefficient (Wildman–Crippen LogP) is 1.44. The van der Waals surface area contributed by atoms with Crippen LogP contribution in [0.25, 0.3) is 0 Å². The maximum atomic E-state index is 11.9. The third-order valence-electron chi connectivity index (χ3n) is 3.05. The first-order valence-corrected chi connectivity index (χ1v) is 6.49. The summed E-state index contributed by atoms with van der Waals surface area (Å²) in [6.45, 7) is 8.36. The van der Waals surface area contributed by atoms with E-state index in [-0.39, 0.29) is 11.0 Å². The monoisotopic (exact) mass is 252 g/mol. The van der Waals surface area contributed by atoms with Gasteiger partial charge in [-0.15, -0.1) is 0 Å². The van der Waals surface area contributed by atoms with Crippen LogP contribution in [0.3, 0.4) is 0 Å². The largest absolute Gasteiger partial charge is 0.365 e. The summed E-state index contributed by atoms with van der Waals surface area (Å²) in [6, 6.07) is 0. The topological polar surface area (TPSA) is 72.9 Å². The van der Waals surface area contributed by atoms with Crippen LogP contribution in [0.15, 0.2) is 17.2 Å². The molecule has 0 radical (unpaired) electrons. The fraction of sp³-hybridized carbons (Fsp3) is 0.692. The van der Waals surface area contributed by atoms with Crippen LogP contribution >= 0.6 is 0 Å². The third-order valence-corrected chi connectivity index (χ3v) is 3.05. The Morgan fingerprint density at radius 1 is 1.50 bits per heavy atom. The molecule has 18 heavy (non-hydrogen) atoms. The van der Waals surface area contributed by atoms with Crippen LogP contribution in [0.4, 0.5) is 5.82 Å². The first-order chi connectivity index (χ1) is 8.50. The molecule has 0 aromatic carbocycles. The number of nitrogens with two attached hydrogens (primary N) is 1. The van der Waals surface area contributed by atoms with Gasteiger partial charge in [0.05, 0.1) is 0 Å². The Balaban J connectivity index is 2.66. The number of anilines is 1. The van der Waals surface area contributed by atoms with Crippen LogP contribution < -0.4 is 16.6 Å². The highest BCUT2D eigenvalue weighted by Crippen LogP contribution is 2.21. The lowest BCUT2D eigenvalue weighted by Gasteiger charge is -2.24. The Kier molecular flexibility index (Phi) is 5.34. The number of rotatable bonds is 7. The van der Waals surface area contributed by atoms with E-state index in [1.54, 1.807) is 17.0 Å². The second-order valence-corrected chi connectivity index (χ2v) is 5.28. The molecule has 5 nitrogen and oxygen atoms in total. The molecule has 1 aromatic heterocycles. The van der Waals surface area contributed by atoms with E-state index >= 15 is 0 Å². The summed E-state index contributed by atoms with van der Waals surface area (Å²) < 4.78 is 1.64. The van der Waals surface area contributed by atoms with Gasteiger partial charge in [0, 0.05) is 25.5 Å². The van der Waals surface area contributed by atoms with Crippen molar-refractivity contribution in [1.29, 1.82) is 0 Å². The smallest absolute Gasteiger partial charge is 0.293 e. The van der Waals surface area contributed by atoms with E-state index in [1.807, 2.05) is 6.92 Å². The minimum atomic E-state index is -0.0605. The fourth-order valence-corrected chi connectivity index (χ4v) is 1.81. The lowest BCUT2D eigenvalue weighted by molar-refractivity contribution is 0.349. The van der Waals surface area contributed by atoms with Gasteiger partial charge in [0.15, 0.2) is 5.82 Å². The van der Waals surface area contributed by atoms with Gasteiger partial charge in [-0.25, -0.2) is 4.98 Å². The van der Waals surface area contributed by atoms with E-state index in [4.69, 9.17) is 5.73 Å². The zero-order valence-corrected chi connectivity index (χ0v) is 11.6. The Morgan fingerprint density at radius 2 is 2.22 bits per heavy atom. The quantitative estimate of drug-likeness (QED) is 0.770. The van der Waals surface area contributed by atoms with Gasteiger partial charge >= 0.3 is 0 Å². The normalized spacial score (nSPS) is 11.6. The molecule has 0 aliphatic heterocycles. The first kappa shape index (κ1) is 14.7. The lowest BCUT2D eigenvalue weighted by atomic mass is 9.88. The summed E-state index contributed by atoms with van der Waals surface area (Å²) in [4.78, 5) is 16.0. The first-order valence-electron chi connectivity index (χ1n) is 6.49. The van der Waals surface area contributed by atoms with Gasteiger partial charge in [0.1, 0.15) is 0 Å². The van der Waals surface area contributed by atoms with Gasteiger partial charge in [-0.2, -0.15) is 0 Å². The molecule has 0 amide bonds. The zero-order valence-electron chi connectivity index (χ0n) is 11.6. The molecule has 0 saturated carbocycles. The molecule has 102 valence electrons. The number of hydrogen-bond donors (Lipinski definition) is 2. The SMILES string of the molecule is CCn1ccnc(NCC(C)(C)CCCN)c1=O. The van der Waals surface area contributed by atoms with Crippen molar-refractivity contribution in [3.8, 4) is 0 Å². The van der Waals surface area contributed by atoms with Crippen LogP contribution in [-0.2, 0) is 6.54 Å².